The van der Waals surface area contributed by atoms with Crippen molar-refractivity contribution >= 4 is 33.2 Å². The lowest BCUT2D eigenvalue weighted by atomic mass is 10.2. The molecule has 0 aromatic heterocycles. The van der Waals surface area contributed by atoms with Crippen molar-refractivity contribution in [2.45, 2.75) is 26.2 Å². The molecule has 1 aromatic carbocycles. The summed E-state index contributed by atoms with van der Waals surface area (Å²) in [4.78, 5) is 13.7. The second-order valence-electron chi connectivity index (χ2n) is 6.14. The molecule has 1 fully saturated rings. The Kier molecular flexibility index (Phi) is 7.53. The molecule has 140 valence electrons. The molecule has 1 amide bonds. The summed E-state index contributed by atoms with van der Waals surface area (Å²) in [6.07, 6.45) is 2.22. The summed E-state index contributed by atoms with van der Waals surface area (Å²) >= 11 is 6.01. The van der Waals surface area contributed by atoms with E-state index in [-0.39, 0.29) is 18.2 Å². The van der Waals surface area contributed by atoms with E-state index in [0.717, 1.165) is 18.5 Å². The Morgan fingerprint density at radius 1 is 1.24 bits per heavy atom. The molecule has 8 heteroatoms. The number of nitrogens with zero attached hydrogens (tertiary/aromatic N) is 2. The predicted molar refractivity (Wildman–Crippen MR) is 102 cm³/mol. The molecule has 0 saturated carbocycles. The summed E-state index contributed by atoms with van der Waals surface area (Å²) < 4.78 is 26.3. The van der Waals surface area contributed by atoms with Crippen molar-refractivity contribution in [1.82, 2.24) is 9.62 Å². The molecule has 0 bridgehead atoms. The third-order valence-corrected chi connectivity index (χ3v) is 6.35. The molecule has 0 radical (unpaired) electrons. The van der Waals surface area contributed by atoms with Crippen LogP contribution in [-0.2, 0) is 14.8 Å². The third kappa shape index (κ3) is 6.17. The highest BCUT2D eigenvalue weighted by Gasteiger charge is 2.26. The number of sulfonamides is 1. The first kappa shape index (κ1) is 20.0. The highest BCUT2D eigenvalue weighted by Crippen LogP contribution is 2.21. The lowest BCUT2D eigenvalue weighted by Crippen LogP contribution is -2.50. The minimum absolute atomic E-state index is 0.0535. The monoisotopic (exact) mass is 387 g/mol. The van der Waals surface area contributed by atoms with Gasteiger partial charge in [-0.2, -0.15) is 4.31 Å². The molecule has 6 nitrogen and oxygen atoms in total. The lowest BCUT2D eigenvalue weighted by molar-refractivity contribution is -0.121. The number of halogens is 1. The van der Waals surface area contributed by atoms with Gasteiger partial charge in [0.15, 0.2) is 0 Å². The summed E-state index contributed by atoms with van der Waals surface area (Å²) in [6, 6.07) is 7.57. The Morgan fingerprint density at radius 3 is 2.60 bits per heavy atom. The number of hydrogen-bond acceptors (Lipinski definition) is 4. The number of piperazine rings is 1. The first-order chi connectivity index (χ1) is 11.9. The van der Waals surface area contributed by atoms with E-state index >= 15 is 0 Å². The first-order valence-corrected chi connectivity index (χ1v) is 10.7. The Balaban J connectivity index is 1.79. The van der Waals surface area contributed by atoms with Gasteiger partial charge in [-0.3, -0.25) is 4.79 Å². The van der Waals surface area contributed by atoms with Crippen LogP contribution >= 0.6 is 11.6 Å². The quantitative estimate of drug-likeness (QED) is 0.741. The van der Waals surface area contributed by atoms with Crippen molar-refractivity contribution in [2.24, 2.45) is 0 Å². The molecule has 2 rings (SSSR count). The van der Waals surface area contributed by atoms with Crippen LogP contribution in [0.25, 0.3) is 0 Å². The highest BCUT2D eigenvalue weighted by molar-refractivity contribution is 7.89. The van der Waals surface area contributed by atoms with Gasteiger partial charge in [-0.05, 0) is 24.6 Å². The number of benzene rings is 1. The Hall–Kier alpha value is -1.31. The van der Waals surface area contributed by atoms with Crippen LogP contribution in [0.15, 0.2) is 24.3 Å². The fourth-order valence-electron chi connectivity index (χ4n) is 2.77. The summed E-state index contributed by atoms with van der Waals surface area (Å²) in [5, 5.41) is 3.36. The number of hydrogen-bond donors (Lipinski definition) is 1. The van der Waals surface area contributed by atoms with Crippen LogP contribution in [0.2, 0.25) is 5.02 Å². The second-order valence-corrected chi connectivity index (χ2v) is 8.66. The van der Waals surface area contributed by atoms with Gasteiger partial charge in [-0.1, -0.05) is 31.0 Å². The van der Waals surface area contributed by atoms with Gasteiger partial charge in [0.25, 0.3) is 0 Å². The number of unbranched alkanes of at least 4 members (excludes halogenated alkanes) is 1. The number of carbonyl (C=O) groups is 1. The number of rotatable bonds is 8. The molecule has 0 aliphatic carbocycles. The summed E-state index contributed by atoms with van der Waals surface area (Å²) in [5.74, 6) is -0.134. The fraction of sp³-hybridized carbons (Fsp3) is 0.588. The fourth-order valence-corrected chi connectivity index (χ4v) is 4.29. The topological polar surface area (TPSA) is 69.7 Å². The van der Waals surface area contributed by atoms with Gasteiger partial charge in [0.2, 0.25) is 15.9 Å². The van der Waals surface area contributed by atoms with Gasteiger partial charge in [0, 0.05) is 49.9 Å². The van der Waals surface area contributed by atoms with E-state index in [1.807, 2.05) is 31.2 Å². The van der Waals surface area contributed by atoms with Crippen molar-refractivity contribution in [3.05, 3.63) is 29.3 Å². The van der Waals surface area contributed by atoms with E-state index in [2.05, 4.69) is 10.2 Å². The van der Waals surface area contributed by atoms with Crippen molar-refractivity contribution in [1.29, 1.82) is 0 Å². The zero-order chi connectivity index (χ0) is 18.3. The predicted octanol–water partition coefficient (Wildman–Crippen LogP) is 2.10. The van der Waals surface area contributed by atoms with Crippen molar-refractivity contribution in [2.75, 3.05) is 43.4 Å². The molecule has 1 aromatic rings. The standard InChI is InChI=1S/C17H26ClN3O3S/c1-2-3-7-17(22)19-8-13-25(23,24)21-11-9-20(10-12-21)16-6-4-5-15(18)14-16/h4-6,14H,2-3,7-13H2,1H3,(H,19,22). The molecule has 1 heterocycles. The zero-order valence-electron chi connectivity index (χ0n) is 14.6. The van der Waals surface area contributed by atoms with E-state index in [0.29, 0.717) is 37.6 Å². The molecule has 1 saturated heterocycles. The number of anilines is 1. The summed E-state index contributed by atoms with van der Waals surface area (Å²) in [7, 11) is -3.35. The van der Waals surface area contributed by atoms with E-state index in [1.165, 1.54) is 4.31 Å². The number of amides is 1. The van der Waals surface area contributed by atoms with Crippen molar-refractivity contribution in [3.63, 3.8) is 0 Å². The van der Waals surface area contributed by atoms with Gasteiger partial charge in [-0.15, -0.1) is 0 Å². The lowest BCUT2D eigenvalue weighted by Gasteiger charge is -2.35. The number of nitrogens with one attached hydrogen (secondary N) is 1. The van der Waals surface area contributed by atoms with Crippen LogP contribution in [0, 0.1) is 0 Å². The van der Waals surface area contributed by atoms with Gasteiger partial charge in [-0.25, -0.2) is 8.42 Å². The molecular weight excluding hydrogens is 362 g/mol. The third-order valence-electron chi connectivity index (χ3n) is 4.24. The largest absolute Gasteiger partial charge is 0.369 e. The Morgan fingerprint density at radius 2 is 1.96 bits per heavy atom. The molecule has 25 heavy (non-hydrogen) atoms. The van der Waals surface area contributed by atoms with Gasteiger partial charge in [0.1, 0.15) is 0 Å². The maximum atomic E-state index is 12.4. The summed E-state index contributed by atoms with van der Waals surface area (Å²) in [6.45, 7) is 4.32. The van der Waals surface area contributed by atoms with E-state index in [4.69, 9.17) is 11.6 Å². The van der Waals surface area contributed by atoms with Crippen molar-refractivity contribution in [3.8, 4) is 0 Å². The average Bonchev–Trinajstić information content (AvgIpc) is 2.60. The highest BCUT2D eigenvalue weighted by atomic mass is 35.5. The molecule has 0 atom stereocenters. The minimum Gasteiger partial charge on any atom is -0.369 e. The van der Waals surface area contributed by atoms with Crippen molar-refractivity contribution < 1.29 is 13.2 Å². The normalized spacial score (nSPS) is 16.0. The van der Waals surface area contributed by atoms with Crippen LogP contribution in [0.5, 0.6) is 0 Å². The molecule has 0 unspecified atom stereocenters. The minimum atomic E-state index is -3.35. The molecule has 1 N–H and O–H groups in total. The molecule has 1 aliphatic heterocycles. The molecular formula is C17H26ClN3O3S. The zero-order valence-corrected chi connectivity index (χ0v) is 16.2. The van der Waals surface area contributed by atoms with Crippen LogP contribution in [0.3, 0.4) is 0 Å². The van der Waals surface area contributed by atoms with Crippen LogP contribution in [0.4, 0.5) is 5.69 Å². The molecule has 1 aliphatic rings. The number of carbonyl (C=O) groups excluding carboxylic acids is 1. The Bertz CT molecular complexity index is 673. The first-order valence-electron chi connectivity index (χ1n) is 8.67. The Labute approximate surface area is 155 Å². The molecule has 0 spiro atoms. The maximum Gasteiger partial charge on any atom is 0.220 e. The summed E-state index contributed by atoms with van der Waals surface area (Å²) in [5.41, 5.74) is 1.01. The van der Waals surface area contributed by atoms with Crippen LogP contribution in [-0.4, -0.2) is 57.1 Å². The van der Waals surface area contributed by atoms with Gasteiger partial charge in [0.05, 0.1) is 5.75 Å². The van der Waals surface area contributed by atoms with Crippen LogP contribution < -0.4 is 10.2 Å². The SMILES string of the molecule is CCCCC(=O)NCCS(=O)(=O)N1CCN(c2cccc(Cl)c2)CC1. The van der Waals surface area contributed by atoms with Gasteiger partial charge < -0.3 is 10.2 Å². The second kappa shape index (κ2) is 9.40. The van der Waals surface area contributed by atoms with E-state index in [1.54, 1.807) is 0 Å². The van der Waals surface area contributed by atoms with Crippen LogP contribution in [0.1, 0.15) is 26.2 Å². The van der Waals surface area contributed by atoms with Gasteiger partial charge >= 0.3 is 0 Å². The van der Waals surface area contributed by atoms with E-state index < -0.39 is 10.0 Å². The maximum absolute atomic E-state index is 12.4. The smallest absolute Gasteiger partial charge is 0.220 e. The van der Waals surface area contributed by atoms with E-state index in [9.17, 15) is 13.2 Å². The average molecular weight is 388 g/mol.